The molecular formula is C13H11Br2ClN2O. The van der Waals surface area contributed by atoms with E-state index in [-0.39, 0.29) is 5.75 Å². The zero-order valence-electron chi connectivity index (χ0n) is 10.0. The van der Waals surface area contributed by atoms with E-state index in [0.29, 0.717) is 20.6 Å². The summed E-state index contributed by atoms with van der Waals surface area (Å²) in [5.41, 5.74) is 2.82. The topological polar surface area (TPSA) is 45.2 Å². The first kappa shape index (κ1) is 14.6. The van der Waals surface area contributed by atoms with Crippen molar-refractivity contribution >= 4 is 49.1 Å². The molecule has 0 saturated heterocycles. The van der Waals surface area contributed by atoms with Crippen molar-refractivity contribution in [2.75, 3.05) is 5.32 Å². The Hall–Kier alpha value is -0.780. The minimum Gasteiger partial charge on any atom is -0.506 e. The lowest BCUT2D eigenvalue weighted by Crippen LogP contribution is -2.02. The van der Waals surface area contributed by atoms with E-state index in [4.69, 9.17) is 11.6 Å². The Kier molecular flexibility index (Phi) is 4.71. The van der Waals surface area contributed by atoms with Crippen LogP contribution in [-0.4, -0.2) is 10.1 Å². The highest BCUT2D eigenvalue weighted by Crippen LogP contribution is 2.33. The number of aryl methyl sites for hydroxylation is 1. The highest BCUT2D eigenvalue weighted by Gasteiger charge is 2.06. The molecule has 0 bridgehead atoms. The Morgan fingerprint density at radius 3 is 2.47 bits per heavy atom. The van der Waals surface area contributed by atoms with Crippen molar-refractivity contribution in [3.8, 4) is 5.75 Å². The van der Waals surface area contributed by atoms with Gasteiger partial charge in [0.2, 0.25) is 0 Å². The minimum atomic E-state index is 0.202. The first-order valence-corrected chi connectivity index (χ1v) is 7.47. The van der Waals surface area contributed by atoms with Gasteiger partial charge in [-0.3, -0.25) is 0 Å². The quantitative estimate of drug-likeness (QED) is 0.714. The van der Waals surface area contributed by atoms with E-state index in [1.54, 1.807) is 6.07 Å². The van der Waals surface area contributed by atoms with Gasteiger partial charge in [-0.05, 0) is 68.6 Å². The van der Waals surface area contributed by atoms with Crippen LogP contribution in [0.2, 0.25) is 5.15 Å². The van der Waals surface area contributed by atoms with Crippen LogP contribution in [0.5, 0.6) is 5.75 Å². The molecule has 0 amide bonds. The number of phenolic OH excluding ortho intramolecular Hbond substituents is 1. The Morgan fingerprint density at radius 2 is 1.89 bits per heavy atom. The molecule has 19 heavy (non-hydrogen) atoms. The predicted octanol–water partition coefficient (Wildman–Crippen LogP) is 4.89. The normalized spacial score (nSPS) is 10.5. The van der Waals surface area contributed by atoms with Gasteiger partial charge in [-0.1, -0.05) is 11.6 Å². The summed E-state index contributed by atoms with van der Waals surface area (Å²) in [5.74, 6) is 0.202. The summed E-state index contributed by atoms with van der Waals surface area (Å²) >= 11 is 12.4. The summed E-state index contributed by atoms with van der Waals surface area (Å²) < 4.78 is 1.31. The summed E-state index contributed by atoms with van der Waals surface area (Å²) in [5, 5.41) is 13.4. The van der Waals surface area contributed by atoms with Crippen molar-refractivity contribution < 1.29 is 5.11 Å². The average Bonchev–Trinajstić information content (AvgIpc) is 2.34. The molecule has 0 radical (unpaired) electrons. The molecule has 0 atom stereocenters. The Labute approximate surface area is 133 Å². The SMILES string of the molecule is Cc1nc(Cl)ccc1NCc1cc(Br)c(O)c(Br)c1. The second-order valence-corrected chi connectivity index (χ2v) is 6.12. The lowest BCUT2D eigenvalue weighted by molar-refractivity contribution is 0.468. The number of rotatable bonds is 3. The third-order valence-electron chi connectivity index (χ3n) is 2.61. The van der Waals surface area contributed by atoms with E-state index in [0.717, 1.165) is 16.9 Å². The monoisotopic (exact) mass is 404 g/mol. The molecule has 6 heteroatoms. The third kappa shape index (κ3) is 3.61. The number of hydrogen-bond donors (Lipinski definition) is 2. The van der Waals surface area contributed by atoms with Crippen LogP contribution in [0.1, 0.15) is 11.3 Å². The van der Waals surface area contributed by atoms with Crippen molar-refractivity contribution in [2.45, 2.75) is 13.5 Å². The van der Waals surface area contributed by atoms with Crippen molar-refractivity contribution in [3.63, 3.8) is 0 Å². The highest BCUT2D eigenvalue weighted by atomic mass is 79.9. The van der Waals surface area contributed by atoms with Crippen LogP contribution in [0.3, 0.4) is 0 Å². The van der Waals surface area contributed by atoms with Crippen molar-refractivity contribution in [3.05, 3.63) is 49.6 Å². The van der Waals surface area contributed by atoms with E-state index < -0.39 is 0 Å². The maximum atomic E-state index is 9.65. The molecule has 2 aromatic rings. The fourth-order valence-corrected chi connectivity index (χ4v) is 3.11. The first-order chi connectivity index (χ1) is 8.97. The van der Waals surface area contributed by atoms with E-state index in [9.17, 15) is 5.11 Å². The van der Waals surface area contributed by atoms with Crippen LogP contribution < -0.4 is 5.32 Å². The molecule has 0 aliphatic heterocycles. The number of pyridine rings is 1. The number of nitrogens with zero attached hydrogens (tertiary/aromatic N) is 1. The number of nitrogens with one attached hydrogen (secondary N) is 1. The van der Waals surface area contributed by atoms with Crippen LogP contribution in [0.15, 0.2) is 33.2 Å². The van der Waals surface area contributed by atoms with Crippen molar-refractivity contribution in [1.82, 2.24) is 4.98 Å². The van der Waals surface area contributed by atoms with E-state index in [2.05, 4.69) is 42.2 Å². The molecule has 0 unspecified atom stereocenters. The molecule has 0 saturated carbocycles. The summed E-state index contributed by atoms with van der Waals surface area (Å²) in [6, 6.07) is 7.38. The second kappa shape index (κ2) is 6.11. The second-order valence-electron chi connectivity index (χ2n) is 4.03. The van der Waals surface area contributed by atoms with Crippen LogP contribution in [0.25, 0.3) is 0 Å². The van der Waals surface area contributed by atoms with Gasteiger partial charge in [-0.15, -0.1) is 0 Å². The lowest BCUT2D eigenvalue weighted by atomic mass is 10.2. The number of halogens is 3. The van der Waals surface area contributed by atoms with E-state index in [1.807, 2.05) is 25.1 Å². The molecule has 0 aliphatic carbocycles. The Bertz CT molecular complexity index is 597. The van der Waals surface area contributed by atoms with Gasteiger partial charge < -0.3 is 10.4 Å². The van der Waals surface area contributed by atoms with Crippen LogP contribution in [-0.2, 0) is 6.54 Å². The summed E-state index contributed by atoms with van der Waals surface area (Å²) in [6.07, 6.45) is 0. The average molecular weight is 407 g/mol. The fraction of sp³-hybridized carbons (Fsp3) is 0.154. The largest absolute Gasteiger partial charge is 0.506 e. The number of phenols is 1. The molecule has 0 fully saturated rings. The van der Waals surface area contributed by atoms with Crippen LogP contribution >= 0.6 is 43.5 Å². The first-order valence-electron chi connectivity index (χ1n) is 5.51. The highest BCUT2D eigenvalue weighted by molar-refractivity contribution is 9.11. The lowest BCUT2D eigenvalue weighted by Gasteiger charge is -2.10. The van der Waals surface area contributed by atoms with Crippen LogP contribution in [0, 0.1) is 6.92 Å². The number of anilines is 1. The predicted molar refractivity (Wildman–Crippen MR) is 84.8 cm³/mol. The van der Waals surface area contributed by atoms with Gasteiger partial charge >= 0.3 is 0 Å². The van der Waals surface area contributed by atoms with Gasteiger partial charge in [-0.2, -0.15) is 0 Å². The zero-order valence-corrected chi connectivity index (χ0v) is 14.0. The van der Waals surface area contributed by atoms with Gasteiger partial charge in [-0.25, -0.2) is 4.98 Å². The fourth-order valence-electron chi connectivity index (χ4n) is 1.63. The molecule has 1 aromatic carbocycles. The van der Waals surface area contributed by atoms with Gasteiger partial charge in [0.05, 0.1) is 20.3 Å². The van der Waals surface area contributed by atoms with E-state index in [1.165, 1.54) is 0 Å². The minimum absolute atomic E-state index is 0.202. The van der Waals surface area contributed by atoms with E-state index >= 15 is 0 Å². The summed E-state index contributed by atoms with van der Waals surface area (Å²) in [7, 11) is 0. The van der Waals surface area contributed by atoms with Crippen molar-refractivity contribution in [1.29, 1.82) is 0 Å². The molecule has 0 aliphatic rings. The van der Waals surface area contributed by atoms with Gasteiger partial charge in [0.1, 0.15) is 10.9 Å². The van der Waals surface area contributed by atoms with Crippen LogP contribution in [0.4, 0.5) is 5.69 Å². The molecule has 3 nitrogen and oxygen atoms in total. The molecule has 1 heterocycles. The Balaban J connectivity index is 2.14. The molecule has 100 valence electrons. The number of hydrogen-bond acceptors (Lipinski definition) is 3. The number of benzene rings is 1. The third-order valence-corrected chi connectivity index (χ3v) is 4.03. The number of aromatic hydroxyl groups is 1. The molecule has 2 N–H and O–H groups in total. The molecule has 0 spiro atoms. The van der Waals surface area contributed by atoms with Gasteiger partial charge in [0.15, 0.2) is 0 Å². The molecule has 1 aromatic heterocycles. The summed E-state index contributed by atoms with van der Waals surface area (Å²) in [4.78, 5) is 4.18. The number of aromatic nitrogens is 1. The zero-order chi connectivity index (χ0) is 14.0. The Morgan fingerprint density at radius 1 is 1.26 bits per heavy atom. The maximum Gasteiger partial charge on any atom is 0.143 e. The standard InChI is InChI=1S/C13H11Br2ClN2O/c1-7-11(2-3-12(16)18-7)17-6-8-4-9(14)13(19)10(15)5-8/h2-5,17,19H,6H2,1H3. The molecule has 2 rings (SSSR count). The van der Waals surface area contributed by atoms with Gasteiger partial charge in [0.25, 0.3) is 0 Å². The summed E-state index contributed by atoms with van der Waals surface area (Å²) in [6.45, 7) is 2.53. The molecular weight excluding hydrogens is 395 g/mol. The smallest absolute Gasteiger partial charge is 0.143 e. The van der Waals surface area contributed by atoms with Crippen molar-refractivity contribution in [2.24, 2.45) is 0 Å². The van der Waals surface area contributed by atoms with Gasteiger partial charge in [0, 0.05) is 6.54 Å². The maximum absolute atomic E-state index is 9.65.